The molecule has 0 aliphatic heterocycles. The van der Waals surface area contributed by atoms with Crippen LogP contribution in [0.4, 0.5) is 4.39 Å². The second-order valence-electron chi connectivity index (χ2n) is 6.01. The summed E-state index contributed by atoms with van der Waals surface area (Å²) in [6.45, 7) is 0.516. The van der Waals surface area contributed by atoms with Crippen molar-refractivity contribution >= 4 is 51.4 Å². The maximum absolute atomic E-state index is 13.3. The summed E-state index contributed by atoms with van der Waals surface area (Å²) in [6.07, 6.45) is 1.62. The number of rotatable bonds is 7. The van der Waals surface area contributed by atoms with Crippen molar-refractivity contribution in [3.05, 3.63) is 95.9 Å². The molecular formula is C22H15FI2N2O2. The smallest absolute Gasteiger partial charge is 0.146 e. The molecule has 0 spiro atoms. The van der Waals surface area contributed by atoms with Gasteiger partial charge in [-0.3, -0.25) is 0 Å². The van der Waals surface area contributed by atoms with Crippen molar-refractivity contribution in [2.75, 3.05) is 0 Å². The summed E-state index contributed by atoms with van der Waals surface area (Å²) in [4.78, 5) is 5.34. The van der Waals surface area contributed by atoms with E-state index in [1.165, 1.54) is 12.1 Å². The zero-order valence-corrected chi connectivity index (χ0v) is 19.4. The normalized spacial score (nSPS) is 10.7. The number of hydrogen-bond acceptors (Lipinski definition) is 4. The third-order valence-corrected chi connectivity index (χ3v) is 5.53. The summed E-state index contributed by atoms with van der Waals surface area (Å²) in [7, 11) is 0. The molecule has 3 rings (SSSR count). The first-order valence-electron chi connectivity index (χ1n) is 8.56. The van der Waals surface area contributed by atoms with E-state index in [1.807, 2.05) is 36.4 Å². The Morgan fingerprint density at radius 1 is 1.00 bits per heavy atom. The third-order valence-electron chi connectivity index (χ3n) is 3.93. The van der Waals surface area contributed by atoms with E-state index < -0.39 is 0 Å². The minimum Gasteiger partial charge on any atom is -0.487 e. The van der Waals surface area contributed by atoms with Crippen molar-refractivity contribution in [2.24, 2.45) is 5.16 Å². The van der Waals surface area contributed by atoms with E-state index in [-0.39, 0.29) is 12.4 Å². The lowest BCUT2D eigenvalue weighted by atomic mass is 10.1. The Labute approximate surface area is 195 Å². The second kappa shape index (κ2) is 10.5. The van der Waals surface area contributed by atoms with Gasteiger partial charge in [-0.15, -0.1) is 0 Å². The molecule has 0 aliphatic carbocycles. The van der Waals surface area contributed by atoms with E-state index in [1.54, 1.807) is 18.3 Å². The van der Waals surface area contributed by atoms with Crippen LogP contribution in [-0.4, -0.2) is 6.21 Å². The predicted octanol–water partition coefficient (Wildman–Crippen LogP) is 6.04. The fourth-order valence-corrected chi connectivity index (χ4v) is 4.66. The third kappa shape index (κ3) is 6.14. The first kappa shape index (κ1) is 21.5. The summed E-state index contributed by atoms with van der Waals surface area (Å²) in [5.74, 6) is 0.468. The van der Waals surface area contributed by atoms with Crippen LogP contribution in [0.2, 0.25) is 0 Å². The molecule has 0 N–H and O–H groups in total. The molecule has 146 valence electrons. The van der Waals surface area contributed by atoms with Crippen LogP contribution >= 0.6 is 45.2 Å². The maximum Gasteiger partial charge on any atom is 0.146 e. The lowest BCUT2D eigenvalue weighted by Gasteiger charge is -2.11. The highest BCUT2D eigenvalue weighted by molar-refractivity contribution is 14.1. The van der Waals surface area contributed by atoms with Crippen molar-refractivity contribution < 1.29 is 14.0 Å². The van der Waals surface area contributed by atoms with E-state index in [2.05, 4.69) is 56.4 Å². The van der Waals surface area contributed by atoms with E-state index >= 15 is 0 Å². The van der Waals surface area contributed by atoms with Crippen molar-refractivity contribution in [1.82, 2.24) is 0 Å². The quantitative estimate of drug-likeness (QED) is 0.186. The van der Waals surface area contributed by atoms with Crippen LogP contribution in [0, 0.1) is 24.3 Å². The van der Waals surface area contributed by atoms with Gasteiger partial charge in [0.2, 0.25) is 0 Å². The van der Waals surface area contributed by atoms with Crippen LogP contribution in [0.25, 0.3) is 0 Å². The Kier molecular flexibility index (Phi) is 7.83. The van der Waals surface area contributed by atoms with Crippen LogP contribution in [0.15, 0.2) is 65.8 Å². The van der Waals surface area contributed by atoms with Gasteiger partial charge < -0.3 is 9.57 Å². The number of ether oxygens (including phenoxy) is 1. The van der Waals surface area contributed by atoms with Gasteiger partial charge in [-0.1, -0.05) is 35.5 Å². The molecule has 29 heavy (non-hydrogen) atoms. The standard InChI is InChI=1S/C22H15FI2N2O2/c23-19-7-3-4-15(8-19)13-28-22-20(24)9-16(10-21(22)25)12-27-29-14-18-6-2-1-5-17(18)11-26/h1-10,12H,13-14H2/b27-12-. The maximum atomic E-state index is 13.3. The number of oxime groups is 1. The van der Waals surface area contributed by atoms with Gasteiger partial charge in [0.1, 0.15) is 24.8 Å². The van der Waals surface area contributed by atoms with Crippen LogP contribution in [0.5, 0.6) is 5.75 Å². The Bertz CT molecular complexity index is 1060. The van der Waals surface area contributed by atoms with Crippen molar-refractivity contribution in [2.45, 2.75) is 13.2 Å². The zero-order valence-electron chi connectivity index (χ0n) is 15.1. The number of hydrogen-bond donors (Lipinski definition) is 0. The molecule has 0 bridgehead atoms. The SMILES string of the molecule is N#Cc1ccccc1CO/N=C\c1cc(I)c(OCc2cccc(F)c2)c(I)c1. The lowest BCUT2D eigenvalue weighted by Crippen LogP contribution is -2.00. The number of halogens is 3. The molecule has 0 radical (unpaired) electrons. The molecule has 0 heterocycles. The largest absolute Gasteiger partial charge is 0.487 e. The Morgan fingerprint density at radius 2 is 1.76 bits per heavy atom. The molecular weight excluding hydrogens is 597 g/mol. The molecule has 4 nitrogen and oxygen atoms in total. The van der Waals surface area contributed by atoms with E-state index in [0.717, 1.165) is 29.6 Å². The van der Waals surface area contributed by atoms with E-state index in [4.69, 9.17) is 14.8 Å². The summed E-state index contributed by atoms with van der Waals surface area (Å²) < 4.78 is 21.0. The predicted molar refractivity (Wildman–Crippen MR) is 126 cm³/mol. The highest BCUT2D eigenvalue weighted by atomic mass is 127. The van der Waals surface area contributed by atoms with Gasteiger partial charge in [-0.25, -0.2) is 4.39 Å². The van der Waals surface area contributed by atoms with Crippen molar-refractivity contribution in [3.8, 4) is 11.8 Å². The first-order chi connectivity index (χ1) is 14.1. The lowest BCUT2D eigenvalue weighted by molar-refractivity contribution is 0.132. The summed E-state index contributed by atoms with van der Waals surface area (Å²) >= 11 is 4.40. The van der Waals surface area contributed by atoms with Crippen molar-refractivity contribution in [3.63, 3.8) is 0 Å². The molecule has 3 aromatic carbocycles. The Hall–Kier alpha value is -2.19. The van der Waals surface area contributed by atoms with Gasteiger partial charge in [-0.2, -0.15) is 5.26 Å². The monoisotopic (exact) mass is 612 g/mol. The van der Waals surface area contributed by atoms with Gasteiger partial charge in [-0.05, 0) is 86.6 Å². The van der Waals surface area contributed by atoms with Gasteiger partial charge in [0.05, 0.1) is 25.0 Å². The van der Waals surface area contributed by atoms with Gasteiger partial charge in [0.25, 0.3) is 0 Å². The molecule has 0 saturated heterocycles. The molecule has 7 heteroatoms. The molecule has 0 atom stereocenters. The fraction of sp³-hybridized carbons (Fsp3) is 0.0909. The van der Waals surface area contributed by atoms with Crippen LogP contribution in [-0.2, 0) is 18.1 Å². The minimum atomic E-state index is -0.278. The average molecular weight is 612 g/mol. The summed E-state index contributed by atoms with van der Waals surface area (Å²) in [5, 5.41) is 13.1. The number of benzene rings is 3. The summed E-state index contributed by atoms with van der Waals surface area (Å²) in [5.41, 5.74) is 3.00. The second-order valence-corrected chi connectivity index (χ2v) is 8.33. The average Bonchev–Trinajstić information content (AvgIpc) is 2.71. The molecule has 0 aromatic heterocycles. The van der Waals surface area contributed by atoms with Gasteiger partial charge in [0.15, 0.2) is 0 Å². The van der Waals surface area contributed by atoms with E-state index in [9.17, 15) is 4.39 Å². The van der Waals surface area contributed by atoms with Crippen molar-refractivity contribution in [1.29, 1.82) is 5.26 Å². The number of nitriles is 1. The topological polar surface area (TPSA) is 54.6 Å². The highest BCUT2D eigenvalue weighted by Crippen LogP contribution is 2.29. The minimum absolute atomic E-state index is 0.225. The molecule has 0 saturated carbocycles. The Morgan fingerprint density at radius 3 is 2.48 bits per heavy atom. The van der Waals surface area contributed by atoms with Crippen LogP contribution in [0.1, 0.15) is 22.3 Å². The van der Waals surface area contributed by atoms with Gasteiger partial charge in [0, 0.05) is 5.56 Å². The highest BCUT2D eigenvalue weighted by Gasteiger charge is 2.09. The van der Waals surface area contributed by atoms with Crippen LogP contribution < -0.4 is 4.74 Å². The van der Waals surface area contributed by atoms with E-state index in [0.29, 0.717) is 12.2 Å². The zero-order chi connectivity index (χ0) is 20.6. The molecule has 0 unspecified atom stereocenters. The van der Waals surface area contributed by atoms with Gasteiger partial charge >= 0.3 is 0 Å². The molecule has 0 fully saturated rings. The summed E-state index contributed by atoms with van der Waals surface area (Å²) in [6, 6.07) is 19.6. The fourth-order valence-electron chi connectivity index (χ4n) is 2.53. The molecule has 0 aliphatic rings. The molecule has 3 aromatic rings. The first-order valence-corrected chi connectivity index (χ1v) is 10.7. The van der Waals surface area contributed by atoms with Crippen LogP contribution in [0.3, 0.4) is 0 Å². The number of nitrogens with zero attached hydrogens (tertiary/aromatic N) is 2. The molecule has 0 amide bonds. The Balaban J connectivity index is 1.62.